The van der Waals surface area contributed by atoms with Gasteiger partial charge >= 0.3 is 3.18 Å². The van der Waals surface area contributed by atoms with Crippen LogP contribution >= 0.6 is 70.5 Å². The Morgan fingerprint density at radius 3 is 1.42 bits per heavy atom. The number of anilines is 2. The Morgan fingerprint density at radius 2 is 1.02 bits per heavy atom. The van der Waals surface area contributed by atoms with Gasteiger partial charge in [-0.15, -0.1) is 47.3 Å². The van der Waals surface area contributed by atoms with E-state index in [1.54, 1.807) is 34.3 Å². The van der Waals surface area contributed by atoms with Crippen LogP contribution in [0.25, 0.3) is 44.1 Å². The number of phenolic OH excluding ortho intramolecular Hbond substituents is 1. The summed E-state index contributed by atoms with van der Waals surface area (Å²) in [7, 11) is 1.39. The maximum atomic E-state index is 16.3. The number of carbonyl (C=O) groups is 2. The first-order valence-electron chi connectivity index (χ1n) is 25.2. The summed E-state index contributed by atoms with van der Waals surface area (Å²) in [5.41, 5.74) is 0.899. The topological polar surface area (TPSA) is 154 Å². The van der Waals surface area contributed by atoms with Crippen molar-refractivity contribution in [2.45, 2.75) is 25.7 Å². The van der Waals surface area contributed by atoms with Gasteiger partial charge in [-0.2, -0.15) is 0 Å². The van der Waals surface area contributed by atoms with Gasteiger partial charge < -0.3 is 29.4 Å². The summed E-state index contributed by atoms with van der Waals surface area (Å²) in [5, 5.41) is 11.0. The number of aromatic hydroxyl groups is 1. The Labute approximate surface area is 499 Å². The lowest BCUT2D eigenvalue weighted by Gasteiger charge is -2.35. The molecule has 2 aliphatic heterocycles. The molecule has 0 atom stereocenters. The van der Waals surface area contributed by atoms with Gasteiger partial charge in [-0.05, 0) is 85.7 Å². The van der Waals surface area contributed by atoms with Gasteiger partial charge in [0.25, 0.3) is 0 Å². The molecule has 1 N–H and O–H groups in total. The normalized spacial score (nSPS) is 13.3. The predicted octanol–water partition coefficient (Wildman–Crippen LogP) is 12.4. The number of amides is 2. The van der Waals surface area contributed by atoms with E-state index in [4.69, 9.17) is 37.9 Å². The lowest BCUT2D eigenvalue weighted by Crippen LogP contribution is -2.48. The lowest BCUT2D eigenvalue weighted by atomic mass is 10.0. The fraction of sp³-hybridized carbons (Fsp3) is 0.228. The number of hydrogen-bond acceptors (Lipinski definition) is 12. The van der Waals surface area contributed by atoms with Gasteiger partial charge in [-0.25, -0.2) is 37.5 Å². The Balaban J connectivity index is 0.000000199. The van der Waals surface area contributed by atoms with Crippen LogP contribution in [0.15, 0.2) is 123 Å². The summed E-state index contributed by atoms with van der Waals surface area (Å²) in [6.07, 6.45) is 7.86. The number of rotatable bonds is 13. The average Bonchev–Trinajstić information content (AvgIpc) is 3.50. The molecule has 0 bridgehead atoms. The van der Waals surface area contributed by atoms with Crippen molar-refractivity contribution in [3.63, 3.8) is 0 Å². The molecule has 14 nitrogen and oxygen atoms in total. The molecule has 8 aromatic rings. The Kier molecular flexibility index (Phi) is 20.8. The minimum Gasteiger partial charge on any atom is -0.507 e. The zero-order valence-corrected chi connectivity index (χ0v) is 49.7. The molecule has 0 unspecified atom stereocenters. The number of carbonyl (C=O) groups excluding carboxylic acids is 2. The zero-order valence-electron chi connectivity index (χ0n) is 43.4. The van der Waals surface area contributed by atoms with Crippen molar-refractivity contribution >= 4 is 119 Å². The number of hydrogen-bond donors (Lipinski definition) is 1. The van der Waals surface area contributed by atoms with Crippen molar-refractivity contribution in [1.82, 2.24) is 39.7 Å². The number of ether oxygens (including phenoxy) is 1. The fourth-order valence-corrected chi connectivity index (χ4v) is 9.97. The van der Waals surface area contributed by atoms with E-state index in [1.807, 2.05) is 46.2 Å². The van der Waals surface area contributed by atoms with Crippen molar-refractivity contribution in [2.75, 3.05) is 69.3 Å². The molecule has 24 heteroatoms. The predicted molar refractivity (Wildman–Crippen MR) is 322 cm³/mol. The number of fused-ring (bicyclic) bond motifs is 2. The highest BCUT2D eigenvalue weighted by Crippen LogP contribution is 2.44. The van der Waals surface area contributed by atoms with Gasteiger partial charge in [0.2, 0.25) is 11.8 Å². The smallest absolute Gasteiger partial charge is 0.369 e. The van der Waals surface area contributed by atoms with E-state index < -0.39 is 29.0 Å². The first-order chi connectivity index (χ1) is 39.0. The molecule has 4 aromatic carbocycles. The van der Waals surface area contributed by atoms with Gasteiger partial charge in [0.05, 0.1) is 28.3 Å². The summed E-state index contributed by atoms with van der Waals surface area (Å²) in [6, 6.07) is 22.3. The van der Waals surface area contributed by atoms with Crippen molar-refractivity contribution in [3.8, 4) is 33.8 Å². The second-order valence-electron chi connectivity index (χ2n) is 18.2. The number of piperazine rings is 2. The molecule has 4 aromatic heterocycles. The van der Waals surface area contributed by atoms with E-state index >= 15 is 8.78 Å². The molecule has 6 heterocycles. The van der Waals surface area contributed by atoms with Crippen LogP contribution in [0, 0.1) is 23.3 Å². The third kappa shape index (κ3) is 14.3. The highest BCUT2D eigenvalue weighted by molar-refractivity contribution is 9.69. The number of pyridine rings is 2. The van der Waals surface area contributed by atoms with Crippen LogP contribution in [-0.4, -0.2) is 119 Å². The van der Waals surface area contributed by atoms with Gasteiger partial charge in [0.15, 0.2) is 11.6 Å². The number of nitrogens with zero attached hydrogens (tertiary/aromatic N) is 10. The maximum Gasteiger partial charge on any atom is 0.369 e. The maximum absolute atomic E-state index is 16.3. The summed E-state index contributed by atoms with van der Waals surface area (Å²) in [5.74, 6) is -1.88. The number of halogens is 9. The third-order valence-corrected chi connectivity index (χ3v) is 13.9. The Hall–Kier alpha value is -6.72. The van der Waals surface area contributed by atoms with Crippen LogP contribution in [0.4, 0.5) is 29.2 Å². The summed E-state index contributed by atoms with van der Waals surface area (Å²) in [6.45, 7) is 10.8. The highest BCUT2D eigenvalue weighted by Gasteiger charge is 2.30. The number of aryl methyl sites for hydroxylation is 4. The van der Waals surface area contributed by atoms with E-state index in [9.17, 15) is 23.5 Å². The monoisotopic (exact) mass is 1330 g/mol. The molecule has 0 saturated carbocycles. The van der Waals surface area contributed by atoms with Crippen molar-refractivity contribution in [1.29, 1.82) is 0 Å². The first-order valence-corrected chi connectivity index (χ1v) is 28.7. The zero-order chi connectivity index (χ0) is 57.9. The quantitative estimate of drug-likeness (QED) is 0.0664. The van der Waals surface area contributed by atoms with E-state index in [-0.39, 0.29) is 64.1 Å². The largest absolute Gasteiger partial charge is 0.507 e. The molecular formula is C57H50BBr3Cl2F4N10O4. The van der Waals surface area contributed by atoms with E-state index in [2.05, 4.69) is 80.4 Å². The van der Waals surface area contributed by atoms with Crippen LogP contribution in [-0.2, 0) is 35.3 Å². The van der Waals surface area contributed by atoms with Crippen LogP contribution in [0.1, 0.15) is 23.0 Å². The molecule has 2 fully saturated rings. The van der Waals surface area contributed by atoms with Gasteiger partial charge in [-0.1, -0.05) is 60.6 Å². The number of methoxy groups -OCH3 is 1. The molecule has 0 aliphatic carbocycles. The average molecular weight is 1340 g/mol. The Bertz CT molecular complexity index is 3590. The van der Waals surface area contributed by atoms with E-state index in [0.29, 0.717) is 112 Å². The second kappa shape index (κ2) is 27.8. The minimum atomic E-state index is -0.851. The highest BCUT2D eigenvalue weighted by atomic mass is 79.9. The number of benzene rings is 4. The SMILES string of the molecule is BrB(Br)Br.C=CC(=O)N1CCN(c2nc(CCc3ccccn3)nc3c(F)c(-c4c(F)cccc4OC)c(Cl)cc23)CC1.C=CC(=O)N1CCN(c2nc(CCc3ccccn3)nc3c(F)c(-c4c(O)cccc4F)c(Cl)cc23)CC1. The van der Waals surface area contributed by atoms with Crippen LogP contribution in [0.5, 0.6) is 11.5 Å². The third-order valence-electron chi connectivity index (χ3n) is 13.3. The summed E-state index contributed by atoms with van der Waals surface area (Å²) < 4.78 is 67.7. The summed E-state index contributed by atoms with van der Waals surface area (Å²) in [4.78, 5) is 58.8. The molecule has 2 amide bonds. The van der Waals surface area contributed by atoms with Crippen molar-refractivity contribution in [3.05, 3.63) is 179 Å². The molecule has 0 spiro atoms. The minimum absolute atomic E-state index is 0.00922. The van der Waals surface area contributed by atoms with Crippen LogP contribution < -0.4 is 14.5 Å². The standard InChI is InChI=1S/C29H26ClF2N5O2.C28H24ClF2N5O2.BBr3/c1-3-24(38)36-13-15-37(16-14-36)29-19-17-20(30)25(26-21(31)8-6-9-22(26)39-2)27(32)28(19)34-23(35-29)11-10-18-7-4-5-12-33-18;1-2-23(38)35-12-14-36(15-13-35)28-18-16-19(29)24(25-20(30)7-5-8-21(25)37)26(31)27(18)33-22(34-28)10-9-17-6-3-4-11-32-17;2-1(3)4/h3-9,12,17H,1,10-11,13-16H2,2H3;2-8,11,16,37H,1,9-10,12-15H2;. The van der Waals surface area contributed by atoms with E-state index in [1.165, 1.54) is 49.6 Å². The van der Waals surface area contributed by atoms with Gasteiger partial charge in [-0.3, -0.25) is 19.6 Å². The molecule has 0 radical (unpaired) electrons. The Morgan fingerprint density at radius 1 is 0.605 bits per heavy atom. The molecular weight excluding hydrogens is 1290 g/mol. The van der Waals surface area contributed by atoms with Gasteiger partial charge in [0.1, 0.15) is 57.5 Å². The van der Waals surface area contributed by atoms with E-state index in [0.717, 1.165) is 17.5 Å². The molecule has 2 aliphatic rings. The molecule has 10 rings (SSSR count). The van der Waals surface area contributed by atoms with Crippen molar-refractivity contribution in [2.24, 2.45) is 0 Å². The van der Waals surface area contributed by atoms with Crippen LogP contribution in [0.2, 0.25) is 10.0 Å². The second-order valence-corrected chi connectivity index (χ2v) is 25.4. The van der Waals surface area contributed by atoms with Crippen LogP contribution in [0.3, 0.4) is 0 Å². The summed E-state index contributed by atoms with van der Waals surface area (Å²) >= 11 is 22.4. The molecule has 2 saturated heterocycles. The van der Waals surface area contributed by atoms with Crippen molar-refractivity contribution < 1.29 is 37.0 Å². The number of aromatic nitrogens is 6. The first kappa shape index (κ1) is 60.4. The number of phenols is 1. The molecule has 81 heavy (non-hydrogen) atoms. The fourth-order valence-electron chi connectivity index (χ4n) is 9.40. The van der Waals surface area contributed by atoms with Gasteiger partial charge in [0, 0.05) is 111 Å². The molecule has 418 valence electrons. The lowest BCUT2D eigenvalue weighted by molar-refractivity contribution is -0.127.